The first-order chi connectivity index (χ1) is 9.86. The van der Waals surface area contributed by atoms with Gasteiger partial charge in [-0.25, -0.2) is 0 Å². The van der Waals surface area contributed by atoms with Crippen molar-refractivity contribution in [2.45, 2.75) is 50.9 Å². The number of nitrogens with one attached hydrogen (secondary N) is 1. The largest absolute Gasteiger partial charge is 0.416 e. The molecule has 2 atom stereocenters. The van der Waals surface area contributed by atoms with Gasteiger partial charge in [0.1, 0.15) is 0 Å². The SMILES string of the molecule is Cc1c(C(=O)C2CC3CCC(C2)N3)cccc1C(F)(F)F. The van der Waals surface area contributed by atoms with Crippen molar-refractivity contribution in [1.29, 1.82) is 0 Å². The average Bonchev–Trinajstić information content (AvgIpc) is 2.75. The summed E-state index contributed by atoms with van der Waals surface area (Å²) in [5, 5.41) is 3.44. The number of carbonyl (C=O) groups is 1. The van der Waals surface area contributed by atoms with E-state index in [1.807, 2.05) is 0 Å². The molecule has 2 heterocycles. The molecule has 2 nitrogen and oxygen atoms in total. The maximum Gasteiger partial charge on any atom is 0.416 e. The molecule has 0 aliphatic carbocycles. The van der Waals surface area contributed by atoms with Crippen molar-refractivity contribution in [3.8, 4) is 0 Å². The van der Waals surface area contributed by atoms with Crippen LogP contribution < -0.4 is 5.32 Å². The van der Waals surface area contributed by atoms with Gasteiger partial charge in [0.05, 0.1) is 5.56 Å². The lowest BCUT2D eigenvalue weighted by Crippen LogP contribution is -2.40. The van der Waals surface area contributed by atoms with Crippen LogP contribution in [0, 0.1) is 12.8 Å². The first-order valence-electron chi connectivity index (χ1n) is 7.33. The minimum absolute atomic E-state index is 0.0564. The van der Waals surface area contributed by atoms with Crippen molar-refractivity contribution < 1.29 is 18.0 Å². The highest BCUT2D eigenvalue weighted by Gasteiger charge is 2.38. The van der Waals surface area contributed by atoms with Crippen molar-refractivity contribution in [1.82, 2.24) is 5.32 Å². The maximum absolute atomic E-state index is 12.9. The predicted octanol–water partition coefficient (Wildman–Crippen LogP) is 3.73. The third-order valence-corrected chi connectivity index (χ3v) is 4.75. The van der Waals surface area contributed by atoms with E-state index in [0.29, 0.717) is 12.1 Å². The highest BCUT2D eigenvalue weighted by molar-refractivity contribution is 5.99. The Balaban J connectivity index is 1.88. The van der Waals surface area contributed by atoms with Gasteiger partial charge in [-0.3, -0.25) is 4.79 Å². The van der Waals surface area contributed by atoms with Crippen LogP contribution in [0.4, 0.5) is 13.2 Å². The van der Waals surface area contributed by atoms with E-state index in [9.17, 15) is 18.0 Å². The molecule has 1 N–H and O–H groups in total. The molecule has 5 heteroatoms. The van der Waals surface area contributed by atoms with Crippen molar-refractivity contribution in [3.05, 3.63) is 34.9 Å². The lowest BCUT2D eigenvalue weighted by molar-refractivity contribution is -0.138. The fraction of sp³-hybridized carbons (Fsp3) is 0.562. The highest BCUT2D eigenvalue weighted by atomic mass is 19.4. The van der Waals surface area contributed by atoms with E-state index in [1.165, 1.54) is 19.1 Å². The summed E-state index contributed by atoms with van der Waals surface area (Å²) in [5.41, 5.74) is -0.415. The monoisotopic (exact) mass is 297 g/mol. The highest BCUT2D eigenvalue weighted by Crippen LogP contribution is 2.36. The Morgan fingerprint density at radius 1 is 1.19 bits per heavy atom. The second kappa shape index (κ2) is 5.13. The van der Waals surface area contributed by atoms with E-state index in [4.69, 9.17) is 0 Å². The number of rotatable bonds is 2. The van der Waals surface area contributed by atoms with Gasteiger partial charge in [0.25, 0.3) is 0 Å². The van der Waals surface area contributed by atoms with Gasteiger partial charge in [-0.1, -0.05) is 12.1 Å². The lowest BCUT2D eigenvalue weighted by Gasteiger charge is -2.28. The summed E-state index contributed by atoms with van der Waals surface area (Å²) in [6.45, 7) is 1.39. The Kier molecular flexibility index (Phi) is 3.56. The summed E-state index contributed by atoms with van der Waals surface area (Å²) in [4.78, 5) is 12.6. The number of hydrogen-bond donors (Lipinski definition) is 1. The van der Waals surface area contributed by atoms with Gasteiger partial charge in [-0.15, -0.1) is 0 Å². The van der Waals surface area contributed by atoms with Crippen molar-refractivity contribution in [2.75, 3.05) is 0 Å². The van der Waals surface area contributed by atoms with E-state index in [1.54, 1.807) is 0 Å². The summed E-state index contributed by atoms with van der Waals surface area (Å²) in [6, 6.07) is 4.60. The molecule has 114 valence electrons. The van der Waals surface area contributed by atoms with Crippen LogP contribution in [-0.2, 0) is 6.18 Å². The van der Waals surface area contributed by atoms with Crippen LogP contribution in [0.1, 0.15) is 47.2 Å². The summed E-state index contributed by atoms with van der Waals surface area (Å²) >= 11 is 0. The molecular formula is C16H18F3NO. The zero-order valence-electron chi connectivity index (χ0n) is 11.8. The maximum atomic E-state index is 12.9. The summed E-state index contributed by atoms with van der Waals surface area (Å²) in [6.07, 6.45) is -0.796. The standard InChI is InChI=1S/C16H18F3NO/c1-9-13(3-2-4-14(9)16(17,18)19)15(21)10-7-11-5-6-12(8-10)20-11/h2-4,10-12,20H,5-8H2,1H3. The third kappa shape index (κ3) is 2.71. The minimum Gasteiger partial charge on any atom is -0.311 e. The van der Waals surface area contributed by atoms with Crippen LogP contribution in [0.15, 0.2) is 18.2 Å². The normalized spacial score (nSPS) is 28.7. The van der Waals surface area contributed by atoms with Crippen LogP contribution >= 0.6 is 0 Å². The number of Topliss-reactive ketones (excluding diaryl/α,β-unsaturated/α-hetero) is 1. The van der Waals surface area contributed by atoms with Gasteiger partial charge < -0.3 is 5.32 Å². The number of hydrogen-bond acceptors (Lipinski definition) is 2. The molecule has 0 radical (unpaired) electrons. The Bertz CT molecular complexity index is 555. The van der Waals surface area contributed by atoms with E-state index < -0.39 is 11.7 Å². The van der Waals surface area contributed by atoms with Crippen LogP contribution in [0.5, 0.6) is 0 Å². The molecule has 2 aliphatic heterocycles. The van der Waals surface area contributed by atoms with Gasteiger partial charge in [0.15, 0.2) is 5.78 Å². The quantitative estimate of drug-likeness (QED) is 0.843. The molecule has 0 amide bonds. The van der Waals surface area contributed by atoms with E-state index in [-0.39, 0.29) is 22.8 Å². The summed E-state index contributed by atoms with van der Waals surface area (Å²) < 4.78 is 38.8. The summed E-state index contributed by atoms with van der Waals surface area (Å²) in [7, 11) is 0. The number of benzene rings is 1. The molecule has 2 bridgehead atoms. The number of alkyl halides is 3. The average molecular weight is 297 g/mol. The zero-order valence-corrected chi connectivity index (χ0v) is 11.8. The van der Waals surface area contributed by atoms with E-state index in [2.05, 4.69) is 5.32 Å². The first-order valence-corrected chi connectivity index (χ1v) is 7.33. The molecule has 2 saturated heterocycles. The van der Waals surface area contributed by atoms with Crippen molar-refractivity contribution in [2.24, 2.45) is 5.92 Å². The lowest BCUT2D eigenvalue weighted by atomic mass is 9.84. The Morgan fingerprint density at radius 2 is 1.81 bits per heavy atom. The predicted molar refractivity (Wildman–Crippen MR) is 73.2 cm³/mol. The van der Waals surface area contributed by atoms with Gasteiger partial charge in [0, 0.05) is 23.6 Å². The number of fused-ring (bicyclic) bond motifs is 2. The van der Waals surface area contributed by atoms with Crippen LogP contribution in [0.3, 0.4) is 0 Å². The first kappa shape index (κ1) is 14.6. The van der Waals surface area contributed by atoms with Crippen molar-refractivity contribution >= 4 is 5.78 Å². The van der Waals surface area contributed by atoms with Gasteiger partial charge in [-0.05, 0) is 44.2 Å². The second-order valence-corrected chi connectivity index (χ2v) is 6.15. The van der Waals surface area contributed by atoms with Crippen LogP contribution in [0.2, 0.25) is 0 Å². The van der Waals surface area contributed by atoms with Gasteiger partial charge >= 0.3 is 6.18 Å². The van der Waals surface area contributed by atoms with Crippen LogP contribution in [-0.4, -0.2) is 17.9 Å². The van der Waals surface area contributed by atoms with Gasteiger partial charge in [0.2, 0.25) is 0 Å². The molecule has 0 aromatic heterocycles. The number of carbonyl (C=O) groups excluding carboxylic acids is 1. The molecular weight excluding hydrogens is 279 g/mol. The Labute approximate surface area is 121 Å². The molecule has 2 fully saturated rings. The van der Waals surface area contributed by atoms with Gasteiger partial charge in [-0.2, -0.15) is 13.2 Å². The van der Waals surface area contributed by atoms with Crippen molar-refractivity contribution in [3.63, 3.8) is 0 Å². The number of ketones is 1. The molecule has 3 rings (SSSR count). The van der Waals surface area contributed by atoms with Crippen LogP contribution in [0.25, 0.3) is 0 Å². The fourth-order valence-electron chi connectivity index (χ4n) is 3.70. The zero-order chi connectivity index (χ0) is 15.2. The minimum atomic E-state index is -4.41. The second-order valence-electron chi connectivity index (χ2n) is 6.15. The number of halogens is 3. The summed E-state index contributed by atoms with van der Waals surface area (Å²) in [5.74, 6) is -0.275. The molecule has 1 aromatic rings. The fourth-order valence-corrected chi connectivity index (χ4v) is 3.70. The molecule has 2 unspecified atom stereocenters. The Hall–Kier alpha value is -1.36. The Morgan fingerprint density at radius 3 is 2.38 bits per heavy atom. The molecule has 0 spiro atoms. The smallest absolute Gasteiger partial charge is 0.311 e. The van der Waals surface area contributed by atoms with E-state index in [0.717, 1.165) is 31.7 Å². The molecule has 2 aliphatic rings. The molecule has 1 aromatic carbocycles. The molecule has 21 heavy (non-hydrogen) atoms. The molecule has 0 saturated carbocycles. The van der Waals surface area contributed by atoms with E-state index >= 15 is 0 Å². The third-order valence-electron chi connectivity index (χ3n) is 4.75. The topological polar surface area (TPSA) is 29.1 Å². The number of piperidine rings is 1.